The van der Waals surface area contributed by atoms with Crippen molar-refractivity contribution in [3.8, 4) is 0 Å². The van der Waals surface area contributed by atoms with Gasteiger partial charge in [-0.05, 0) is 18.1 Å². The maximum Gasteiger partial charge on any atom is 0.326 e. The number of aliphatic hydroxyl groups is 1. The fourth-order valence-corrected chi connectivity index (χ4v) is 3.02. The summed E-state index contributed by atoms with van der Waals surface area (Å²) in [4.78, 5) is 28.3. The highest BCUT2D eigenvalue weighted by Gasteiger charge is 2.35. The Bertz CT molecular complexity index is 709. The molecule has 2 heterocycles. The van der Waals surface area contributed by atoms with E-state index in [0.29, 0.717) is 6.42 Å². The van der Waals surface area contributed by atoms with Crippen LogP contribution in [-0.4, -0.2) is 50.7 Å². The van der Waals surface area contributed by atoms with Crippen LogP contribution in [0.4, 0.5) is 0 Å². The molecule has 2 atom stereocenters. The SMILES string of the molecule is O=C(O)[C@H]1C[C@@H](O)CCN1C(=O)Cc1c[nH]c2ccccc12. The molecule has 2 aromatic rings. The molecule has 116 valence electrons. The zero-order chi connectivity index (χ0) is 15.7. The van der Waals surface area contributed by atoms with E-state index in [9.17, 15) is 19.8 Å². The number of nitrogens with one attached hydrogen (secondary N) is 1. The molecule has 0 spiro atoms. The Kier molecular flexibility index (Phi) is 3.85. The summed E-state index contributed by atoms with van der Waals surface area (Å²) >= 11 is 0. The van der Waals surface area contributed by atoms with Gasteiger partial charge in [0.1, 0.15) is 6.04 Å². The molecule has 6 nitrogen and oxygen atoms in total. The average molecular weight is 302 g/mol. The summed E-state index contributed by atoms with van der Waals surface area (Å²) in [5.41, 5.74) is 1.81. The van der Waals surface area contributed by atoms with Crippen LogP contribution in [0.3, 0.4) is 0 Å². The smallest absolute Gasteiger partial charge is 0.326 e. The summed E-state index contributed by atoms with van der Waals surface area (Å²) in [5.74, 6) is -1.28. The van der Waals surface area contributed by atoms with E-state index in [1.165, 1.54) is 4.90 Å². The predicted molar refractivity (Wildman–Crippen MR) is 80.4 cm³/mol. The molecule has 0 unspecified atom stereocenters. The van der Waals surface area contributed by atoms with Crippen molar-refractivity contribution in [3.05, 3.63) is 36.0 Å². The normalized spacial score (nSPS) is 22.0. The highest BCUT2D eigenvalue weighted by Crippen LogP contribution is 2.22. The first-order valence-corrected chi connectivity index (χ1v) is 7.31. The molecule has 0 aliphatic carbocycles. The maximum atomic E-state index is 12.5. The number of aromatic amines is 1. The summed E-state index contributed by atoms with van der Waals surface area (Å²) in [6.07, 6.45) is 1.80. The van der Waals surface area contributed by atoms with Gasteiger partial charge in [-0.3, -0.25) is 4.79 Å². The van der Waals surface area contributed by atoms with Crippen LogP contribution in [0.1, 0.15) is 18.4 Å². The number of H-pyrrole nitrogens is 1. The number of carboxylic acids is 1. The standard InChI is InChI=1S/C16H18N2O4/c19-11-5-6-18(14(8-11)16(21)22)15(20)7-10-9-17-13-4-2-1-3-12(10)13/h1-4,9,11,14,17,19H,5-8H2,(H,21,22)/t11-,14+/m0/s1. The topological polar surface area (TPSA) is 93.6 Å². The lowest BCUT2D eigenvalue weighted by atomic mass is 9.98. The second kappa shape index (κ2) is 5.81. The van der Waals surface area contributed by atoms with Crippen LogP contribution in [0.5, 0.6) is 0 Å². The first-order chi connectivity index (χ1) is 10.6. The van der Waals surface area contributed by atoms with Crippen molar-refractivity contribution in [2.24, 2.45) is 0 Å². The number of fused-ring (bicyclic) bond motifs is 1. The summed E-state index contributed by atoms with van der Waals surface area (Å²) in [5, 5.41) is 19.9. The molecule has 3 N–H and O–H groups in total. The molecule has 1 aliphatic heterocycles. The third-order valence-corrected chi connectivity index (χ3v) is 4.20. The van der Waals surface area contributed by atoms with Gasteiger partial charge in [0.2, 0.25) is 5.91 Å². The number of benzene rings is 1. The molecule has 1 aromatic heterocycles. The molecule has 3 rings (SSSR count). The molecule has 1 aliphatic rings. The Labute approximate surface area is 127 Å². The molecule has 6 heteroatoms. The first kappa shape index (κ1) is 14.6. The van der Waals surface area contributed by atoms with Gasteiger partial charge < -0.3 is 20.1 Å². The van der Waals surface area contributed by atoms with Gasteiger partial charge >= 0.3 is 5.97 Å². The van der Waals surface area contributed by atoms with E-state index in [1.54, 1.807) is 6.20 Å². The van der Waals surface area contributed by atoms with Crippen molar-refractivity contribution in [2.45, 2.75) is 31.4 Å². The molecule has 0 bridgehead atoms. The van der Waals surface area contributed by atoms with Crippen LogP contribution in [0.25, 0.3) is 10.9 Å². The largest absolute Gasteiger partial charge is 0.480 e. The second-order valence-electron chi connectivity index (χ2n) is 5.66. The molecule has 22 heavy (non-hydrogen) atoms. The molecule has 1 aromatic carbocycles. The lowest BCUT2D eigenvalue weighted by Crippen LogP contribution is -2.51. The van der Waals surface area contributed by atoms with E-state index in [4.69, 9.17) is 0 Å². The number of aromatic nitrogens is 1. The molecular weight excluding hydrogens is 284 g/mol. The van der Waals surface area contributed by atoms with Gasteiger partial charge in [-0.1, -0.05) is 18.2 Å². The van der Waals surface area contributed by atoms with Crippen LogP contribution in [0.2, 0.25) is 0 Å². The van der Waals surface area contributed by atoms with E-state index in [-0.39, 0.29) is 25.3 Å². The Balaban J connectivity index is 1.80. The number of hydrogen-bond donors (Lipinski definition) is 3. The zero-order valence-corrected chi connectivity index (χ0v) is 12.0. The van der Waals surface area contributed by atoms with E-state index in [1.807, 2.05) is 24.3 Å². The van der Waals surface area contributed by atoms with Crippen LogP contribution in [-0.2, 0) is 16.0 Å². The number of rotatable bonds is 3. The predicted octanol–water partition coefficient (Wildman–Crippen LogP) is 1.15. The Morgan fingerprint density at radius 2 is 2.09 bits per heavy atom. The summed E-state index contributed by atoms with van der Waals surface area (Å²) in [6.45, 7) is 0.277. The highest BCUT2D eigenvalue weighted by molar-refractivity contribution is 5.90. The van der Waals surface area contributed by atoms with Gasteiger partial charge in [-0.2, -0.15) is 0 Å². The van der Waals surface area contributed by atoms with Crippen LogP contribution in [0, 0.1) is 0 Å². The zero-order valence-electron chi connectivity index (χ0n) is 12.0. The Hall–Kier alpha value is -2.34. The fourth-order valence-electron chi connectivity index (χ4n) is 3.02. The van der Waals surface area contributed by atoms with Gasteiger partial charge in [0, 0.05) is 30.1 Å². The average Bonchev–Trinajstić information content (AvgIpc) is 2.90. The van der Waals surface area contributed by atoms with Crippen molar-refractivity contribution >= 4 is 22.8 Å². The van der Waals surface area contributed by atoms with Crippen LogP contribution >= 0.6 is 0 Å². The highest BCUT2D eigenvalue weighted by atomic mass is 16.4. The number of hydrogen-bond acceptors (Lipinski definition) is 3. The second-order valence-corrected chi connectivity index (χ2v) is 5.66. The van der Waals surface area contributed by atoms with E-state index >= 15 is 0 Å². The van der Waals surface area contributed by atoms with E-state index in [0.717, 1.165) is 16.5 Å². The van der Waals surface area contributed by atoms with Crippen molar-refractivity contribution in [3.63, 3.8) is 0 Å². The number of carbonyl (C=O) groups is 2. The molecule has 1 saturated heterocycles. The minimum Gasteiger partial charge on any atom is -0.480 e. The third-order valence-electron chi connectivity index (χ3n) is 4.20. The van der Waals surface area contributed by atoms with Gasteiger partial charge in [0.25, 0.3) is 0 Å². The lowest BCUT2D eigenvalue weighted by Gasteiger charge is -2.35. The molecular formula is C16H18N2O4. The number of aliphatic carboxylic acids is 1. The fraction of sp³-hybridized carbons (Fsp3) is 0.375. The minimum absolute atomic E-state index is 0.0922. The number of para-hydroxylation sites is 1. The molecule has 1 fully saturated rings. The third kappa shape index (κ3) is 2.69. The Morgan fingerprint density at radius 1 is 1.32 bits per heavy atom. The maximum absolute atomic E-state index is 12.5. The summed E-state index contributed by atoms with van der Waals surface area (Å²) < 4.78 is 0. The van der Waals surface area contributed by atoms with Crippen molar-refractivity contribution in [1.82, 2.24) is 9.88 Å². The van der Waals surface area contributed by atoms with Gasteiger partial charge in [0.05, 0.1) is 12.5 Å². The van der Waals surface area contributed by atoms with E-state index < -0.39 is 18.1 Å². The monoisotopic (exact) mass is 302 g/mol. The van der Waals surface area contributed by atoms with Crippen molar-refractivity contribution in [2.75, 3.05) is 6.54 Å². The van der Waals surface area contributed by atoms with Gasteiger partial charge in [0.15, 0.2) is 0 Å². The lowest BCUT2D eigenvalue weighted by molar-refractivity contribution is -0.154. The number of piperidine rings is 1. The van der Waals surface area contributed by atoms with Gasteiger partial charge in [-0.25, -0.2) is 4.79 Å². The van der Waals surface area contributed by atoms with Crippen LogP contribution in [0.15, 0.2) is 30.5 Å². The summed E-state index contributed by atoms with van der Waals surface area (Å²) in [6, 6.07) is 6.74. The van der Waals surface area contributed by atoms with Gasteiger partial charge in [-0.15, -0.1) is 0 Å². The number of aliphatic hydroxyl groups excluding tert-OH is 1. The van der Waals surface area contributed by atoms with Crippen molar-refractivity contribution in [1.29, 1.82) is 0 Å². The van der Waals surface area contributed by atoms with Crippen molar-refractivity contribution < 1.29 is 19.8 Å². The minimum atomic E-state index is -1.06. The van der Waals surface area contributed by atoms with Crippen LogP contribution < -0.4 is 0 Å². The number of amides is 1. The summed E-state index contributed by atoms with van der Waals surface area (Å²) in [7, 11) is 0. The number of carboxylic acid groups (broad SMARTS) is 1. The number of nitrogens with zero attached hydrogens (tertiary/aromatic N) is 1. The first-order valence-electron chi connectivity index (χ1n) is 7.31. The number of likely N-dealkylation sites (tertiary alicyclic amines) is 1. The molecule has 0 saturated carbocycles. The number of carbonyl (C=O) groups excluding carboxylic acids is 1. The van der Waals surface area contributed by atoms with E-state index in [2.05, 4.69) is 4.98 Å². The quantitative estimate of drug-likeness (QED) is 0.792. The Morgan fingerprint density at radius 3 is 2.86 bits per heavy atom. The molecule has 0 radical (unpaired) electrons. The molecule has 1 amide bonds.